The van der Waals surface area contributed by atoms with E-state index in [1.165, 1.54) is 12.1 Å². The Balaban J connectivity index is 2.37. The molecule has 1 saturated heterocycles. The molecule has 0 aliphatic carbocycles. The summed E-state index contributed by atoms with van der Waals surface area (Å²) in [6.07, 6.45) is -4.57. The van der Waals surface area contributed by atoms with E-state index in [4.69, 9.17) is 5.73 Å². The van der Waals surface area contributed by atoms with Gasteiger partial charge in [-0.25, -0.2) is 8.42 Å². The molecule has 1 aliphatic rings. The lowest BCUT2D eigenvalue weighted by Crippen LogP contribution is -2.40. The van der Waals surface area contributed by atoms with Crippen LogP contribution in [0.5, 0.6) is 0 Å². The van der Waals surface area contributed by atoms with E-state index in [9.17, 15) is 21.6 Å². The zero-order valence-electron chi connectivity index (χ0n) is 10.9. The number of hydrogen-bond acceptors (Lipinski definition) is 4. The quantitative estimate of drug-likeness (QED) is 0.830. The maximum Gasteiger partial charge on any atom is 0.417 e. The fourth-order valence-electron chi connectivity index (χ4n) is 2.15. The van der Waals surface area contributed by atoms with E-state index in [0.717, 1.165) is 6.07 Å². The maximum absolute atomic E-state index is 13.0. The van der Waals surface area contributed by atoms with Crippen LogP contribution in [0.4, 0.5) is 18.9 Å². The largest absolute Gasteiger partial charge is 0.417 e. The van der Waals surface area contributed by atoms with Crippen LogP contribution in [0, 0.1) is 0 Å². The van der Waals surface area contributed by atoms with Crippen molar-refractivity contribution >= 4 is 32.7 Å². The standard InChI is InChI=1S/C12H13F3N2O2S2/c13-12(14,15)10-7-8(1-2-9(10)11(16)20)17-3-5-21(18,19)6-4-17/h1-2,7H,3-6H2,(H2,16,20). The van der Waals surface area contributed by atoms with Crippen molar-refractivity contribution in [2.75, 3.05) is 29.5 Å². The minimum atomic E-state index is -4.57. The molecule has 4 nitrogen and oxygen atoms in total. The molecular formula is C12H13F3N2O2S2. The number of nitrogens with zero attached hydrogens (tertiary/aromatic N) is 1. The fraction of sp³-hybridized carbons (Fsp3) is 0.417. The van der Waals surface area contributed by atoms with Crippen LogP contribution in [-0.2, 0) is 16.0 Å². The molecule has 9 heteroatoms. The predicted molar refractivity (Wildman–Crippen MR) is 78.2 cm³/mol. The molecule has 0 unspecified atom stereocenters. The fourth-order valence-corrected chi connectivity index (χ4v) is 3.53. The smallest absolute Gasteiger partial charge is 0.389 e. The number of nitrogens with two attached hydrogens (primary N) is 1. The van der Waals surface area contributed by atoms with Gasteiger partial charge >= 0.3 is 6.18 Å². The molecule has 0 spiro atoms. The Morgan fingerprint density at radius 1 is 1.24 bits per heavy atom. The first-order valence-electron chi connectivity index (χ1n) is 6.06. The van der Waals surface area contributed by atoms with Crippen molar-refractivity contribution in [3.05, 3.63) is 29.3 Å². The van der Waals surface area contributed by atoms with Gasteiger partial charge in [0.15, 0.2) is 9.84 Å². The van der Waals surface area contributed by atoms with Crippen molar-refractivity contribution in [3.8, 4) is 0 Å². The van der Waals surface area contributed by atoms with Crippen LogP contribution in [0.3, 0.4) is 0 Å². The predicted octanol–water partition coefficient (Wildman–Crippen LogP) is 1.57. The lowest BCUT2D eigenvalue weighted by molar-refractivity contribution is -0.137. The molecule has 1 fully saturated rings. The molecule has 1 heterocycles. The first-order valence-corrected chi connectivity index (χ1v) is 8.29. The first kappa shape index (κ1) is 16.0. The van der Waals surface area contributed by atoms with E-state index in [0.29, 0.717) is 5.69 Å². The summed E-state index contributed by atoms with van der Waals surface area (Å²) >= 11 is 4.63. The Bertz CT molecular complexity index is 658. The van der Waals surface area contributed by atoms with Crippen molar-refractivity contribution in [2.45, 2.75) is 6.18 Å². The van der Waals surface area contributed by atoms with E-state index in [1.54, 1.807) is 4.90 Å². The minimum Gasteiger partial charge on any atom is -0.389 e. The van der Waals surface area contributed by atoms with E-state index < -0.39 is 21.6 Å². The molecule has 0 radical (unpaired) electrons. The number of rotatable bonds is 2. The average molecular weight is 338 g/mol. The number of halogens is 3. The molecule has 1 aliphatic heterocycles. The average Bonchev–Trinajstić information content (AvgIpc) is 2.37. The molecule has 1 aromatic carbocycles. The SMILES string of the molecule is NC(=S)c1ccc(N2CCS(=O)(=O)CC2)cc1C(F)(F)F. The summed E-state index contributed by atoms with van der Waals surface area (Å²) in [5.41, 5.74) is 4.50. The van der Waals surface area contributed by atoms with Crippen LogP contribution < -0.4 is 10.6 Å². The van der Waals surface area contributed by atoms with Crippen LogP contribution in [0.2, 0.25) is 0 Å². The Hall–Kier alpha value is -1.35. The minimum absolute atomic E-state index is 0.0641. The molecule has 116 valence electrons. The van der Waals surface area contributed by atoms with Crippen molar-refractivity contribution in [3.63, 3.8) is 0 Å². The molecule has 21 heavy (non-hydrogen) atoms. The summed E-state index contributed by atoms with van der Waals surface area (Å²) < 4.78 is 61.9. The molecule has 0 bridgehead atoms. The van der Waals surface area contributed by atoms with Crippen molar-refractivity contribution < 1.29 is 21.6 Å². The third kappa shape index (κ3) is 3.65. The summed E-state index contributed by atoms with van der Waals surface area (Å²) in [6.45, 7) is 0.345. The Kier molecular flexibility index (Phi) is 4.16. The zero-order valence-corrected chi connectivity index (χ0v) is 12.5. The topological polar surface area (TPSA) is 63.4 Å². The summed E-state index contributed by atoms with van der Waals surface area (Å²) in [6, 6.07) is 3.66. The van der Waals surface area contributed by atoms with Gasteiger partial charge in [-0.2, -0.15) is 13.2 Å². The highest BCUT2D eigenvalue weighted by Gasteiger charge is 2.35. The number of anilines is 1. The van der Waals surface area contributed by atoms with Gasteiger partial charge in [0.1, 0.15) is 4.99 Å². The van der Waals surface area contributed by atoms with Crippen molar-refractivity contribution in [1.82, 2.24) is 0 Å². The summed E-state index contributed by atoms with van der Waals surface area (Å²) in [7, 11) is -3.09. The maximum atomic E-state index is 13.0. The molecule has 0 atom stereocenters. The van der Waals surface area contributed by atoms with Crippen LogP contribution >= 0.6 is 12.2 Å². The summed E-state index contributed by atoms with van der Waals surface area (Å²) in [5, 5.41) is 0. The van der Waals surface area contributed by atoms with Gasteiger partial charge in [-0.05, 0) is 18.2 Å². The Morgan fingerprint density at radius 3 is 2.29 bits per heavy atom. The van der Waals surface area contributed by atoms with Crippen LogP contribution in [0.15, 0.2) is 18.2 Å². The van der Waals surface area contributed by atoms with Gasteiger partial charge in [0.05, 0.1) is 17.1 Å². The molecule has 2 rings (SSSR count). The van der Waals surface area contributed by atoms with Crippen LogP contribution in [0.1, 0.15) is 11.1 Å². The molecule has 0 aromatic heterocycles. The number of sulfone groups is 1. The normalized spacial score (nSPS) is 18.5. The Morgan fingerprint density at radius 2 is 1.81 bits per heavy atom. The Labute approximate surface area is 125 Å². The van der Waals surface area contributed by atoms with E-state index >= 15 is 0 Å². The van der Waals surface area contributed by atoms with Gasteiger partial charge in [-0.1, -0.05) is 12.2 Å². The second kappa shape index (κ2) is 5.45. The number of hydrogen-bond donors (Lipinski definition) is 1. The zero-order chi connectivity index (χ0) is 15.8. The lowest BCUT2D eigenvalue weighted by Gasteiger charge is -2.29. The molecule has 0 amide bonds. The van der Waals surface area contributed by atoms with Gasteiger partial charge < -0.3 is 10.6 Å². The van der Waals surface area contributed by atoms with Crippen LogP contribution in [-0.4, -0.2) is 38.0 Å². The second-order valence-corrected chi connectivity index (χ2v) is 7.47. The van der Waals surface area contributed by atoms with E-state index in [2.05, 4.69) is 12.2 Å². The second-order valence-electron chi connectivity index (χ2n) is 4.73. The van der Waals surface area contributed by atoms with Gasteiger partial charge in [0.25, 0.3) is 0 Å². The van der Waals surface area contributed by atoms with Gasteiger partial charge in [0.2, 0.25) is 0 Å². The summed E-state index contributed by atoms with van der Waals surface area (Å²) in [4.78, 5) is 1.29. The van der Waals surface area contributed by atoms with Gasteiger partial charge in [-0.15, -0.1) is 0 Å². The monoisotopic (exact) mass is 338 g/mol. The summed E-state index contributed by atoms with van der Waals surface area (Å²) in [5.74, 6) is -0.128. The van der Waals surface area contributed by atoms with Crippen molar-refractivity contribution in [1.29, 1.82) is 0 Å². The number of benzene rings is 1. The molecule has 2 N–H and O–H groups in total. The lowest BCUT2D eigenvalue weighted by atomic mass is 10.1. The van der Waals surface area contributed by atoms with Crippen LogP contribution in [0.25, 0.3) is 0 Å². The highest BCUT2D eigenvalue weighted by Crippen LogP contribution is 2.35. The number of thiocarbonyl (C=S) groups is 1. The van der Waals surface area contributed by atoms with Crippen molar-refractivity contribution in [2.24, 2.45) is 5.73 Å². The number of alkyl halides is 3. The molecule has 1 aromatic rings. The highest BCUT2D eigenvalue weighted by molar-refractivity contribution is 7.91. The van der Waals surface area contributed by atoms with E-state index in [1.807, 2.05) is 0 Å². The molecule has 0 saturated carbocycles. The van der Waals surface area contributed by atoms with Gasteiger partial charge in [0, 0.05) is 24.3 Å². The molecular weight excluding hydrogens is 325 g/mol. The van der Waals surface area contributed by atoms with E-state index in [-0.39, 0.29) is 35.1 Å². The third-order valence-corrected chi connectivity index (χ3v) is 5.11. The highest BCUT2D eigenvalue weighted by atomic mass is 32.2. The third-order valence-electron chi connectivity index (χ3n) is 3.28. The van der Waals surface area contributed by atoms with Gasteiger partial charge in [-0.3, -0.25) is 0 Å². The first-order chi connectivity index (χ1) is 9.60.